The number of hydrogen-bond acceptors (Lipinski definition) is 4. The third-order valence-electron chi connectivity index (χ3n) is 3.14. The molecule has 0 aliphatic carbocycles. The van der Waals surface area contributed by atoms with Crippen LogP contribution in [0.4, 0.5) is 11.8 Å². The molecule has 18 heavy (non-hydrogen) atoms. The van der Waals surface area contributed by atoms with Gasteiger partial charge in [-0.1, -0.05) is 13.8 Å². The van der Waals surface area contributed by atoms with E-state index in [9.17, 15) is 0 Å². The maximum atomic E-state index is 4.69. The van der Waals surface area contributed by atoms with Gasteiger partial charge in [0.1, 0.15) is 5.82 Å². The van der Waals surface area contributed by atoms with Gasteiger partial charge in [0.15, 0.2) is 0 Å². The molecule has 1 aromatic heterocycles. The summed E-state index contributed by atoms with van der Waals surface area (Å²) in [5.41, 5.74) is 2.33. The summed E-state index contributed by atoms with van der Waals surface area (Å²) in [5.74, 6) is 1.85. The largest absolute Gasteiger partial charge is 0.370 e. The number of rotatable bonds is 7. The lowest BCUT2D eigenvalue weighted by Crippen LogP contribution is -2.25. The molecule has 0 amide bonds. The molecular formula is C14H26N4. The van der Waals surface area contributed by atoms with Gasteiger partial charge in [0.05, 0.1) is 0 Å². The predicted octanol–water partition coefficient (Wildman–Crippen LogP) is 3.02. The Hall–Kier alpha value is -1.32. The van der Waals surface area contributed by atoms with Crippen LogP contribution >= 0.6 is 0 Å². The van der Waals surface area contributed by atoms with Gasteiger partial charge in [-0.15, -0.1) is 0 Å². The first kappa shape index (κ1) is 14.7. The van der Waals surface area contributed by atoms with Gasteiger partial charge in [-0.3, -0.25) is 0 Å². The van der Waals surface area contributed by atoms with E-state index in [1.807, 2.05) is 0 Å². The molecule has 1 aromatic rings. The molecule has 1 N–H and O–H groups in total. The first-order valence-corrected chi connectivity index (χ1v) is 7.04. The second-order valence-corrected chi connectivity index (χ2v) is 4.39. The number of aryl methyl sites for hydroxylation is 1. The molecule has 0 aromatic carbocycles. The van der Waals surface area contributed by atoms with Crippen LogP contribution in [0.2, 0.25) is 0 Å². The van der Waals surface area contributed by atoms with Crippen molar-refractivity contribution in [1.82, 2.24) is 9.97 Å². The Morgan fingerprint density at radius 2 is 1.72 bits per heavy atom. The monoisotopic (exact) mass is 250 g/mol. The van der Waals surface area contributed by atoms with Crippen LogP contribution in [0.3, 0.4) is 0 Å². The molecule has 0 saturated heterocycles. The summed E-state index contributed by atoms with van der Waals surface area (Å²) in [5, 5.41) is 3.42. The lowest BCUT2D eigenvalue weighted by Gasteiger charge is -2.21. The molecule has 0 fully saturated rings. The van der Waals surface area contributed by atoms with E-state index in [-0.39, 0.29) is 0 Å². The first-order chi connectivity index (χ1) is 8.67. The van der Waals surface area contributed by atoms with Crippen molar-refractivity contribution < 1.29 is 0 Å². The highest BCUT2D eigenvalue weighted by atomic mass is 15.3. The standard InChI is InChI=1S/C14H26N4/c1-6-10-15-13-12(7-2)11(5)16-14(17-13)18(8-3)9-4/h6-10H2,1-5H3,(H,15,16,17). The fourth-order valence-corrected chi connectivity index (χ4v) is 2.04. The Kier molecular flexibility index (Phi) is 5.89. The number of anilines is 2. The molecule has 1 rings (SSSR count). The molecule has 102 valence electrons. The summed E-state index contributed by atoms with van der Waals surface area (Å²) in [6, 6.07) is 0. The smallest absolute Gasteiger partial charge is 0.227 e. The molecule has 0 spiro atoms. The normalized spacial score (nSPS) is 10.5. The lowest BCUT2D eigenvalue weighted by molar-refractivity contribution is 0.808. The minimum atomic E-state index is 0.841. The third-order valence-corrected chi connectivity index (χ3v) is 3.14. The van der Waals surface area contributed by atoms with Crippen LogP contribution in [0.15, 0.2) is 0 Å². The maximum Gasteiger partial charge on any atom is 0.227 e. The summed E-state index contributed by atoms with van der Waals surface area (Å²) in [6.07, 6.45) is 2.07. The van der Waals surface area contributed by atoms with Crippen molar-refractivity contribution in [3.63, 3.8) is 0 Å². The highest BCUT2D eigenvalue weighted by Gasteiger charge is 2.12. The van der Waals surface area contributed by atoms with Crippen molar-refractivity contribution >= 4 is 11.8 Å². The molecular weight excluding hydrogens is 224 g/mol. The highest BCUT2D eigenvalue weighted by Crippen LogP contribution is 2.20. The number of nitrogens with zero attached hydrogens (tertiary/aromatic N) is 3. The highest BCUT2D eigenvalue weighted by molar-refractivity contribution is 5.51. The Bertz CT molecular complexity index is 372. The van der Waals surface area contributed by atoms with E-state index >= 15 is 0 Å². The third kappa shape index (κ3) is 3.34. The second kappa shape index (κ2) is 7.19. The molecule has 1 heterocycles. The van der Waals surface area contributed by atoms with Crippen LogP contribution in [0.1, 0.15) is 45.4 Å². The van der Waals surface area contributed by atoms with Crippen molar-refractivity contribution in [3.05, 3.63) is 11.3 Å². The number of aromatic nitrogens is 2. The summed E-state index contributed by atoms with van der Waals surface area (Å²) >= 11 is 0. The summed E-state index contributed by atoms with van der Waals surface area (Å²) in [7, 11) is 0. The fourth-order valence-electron chi connectivity index (χ4n) is 2.04. The van der Waals surface area contributed by atoms with E-state index in [4.69, 9.17) is 0 Å². The fraction of sp³-hybridized carbons (Fsp3) is 0.714. The zero-order valence-corrected chi connectivity index (χ0v) is 12.4. The summed E-state index contributed by atoms with van der Waals surface area (Å²) in [4.78, 5) is 11.5. The molecule has 0 aliphatic heterocycles. The van der Waals surface area contributed by atoms with Gasteiger partial charge in [0, 0.05) is 30.9 Å². The van der Waals surface area contributed by atoms with Gasteiger partial charge >= 0.3 is 0 Å². The zero-order chi connectivity index (χ0) is 13.5. The van der Waals surface area contributed by atoms with Crippen molar-refractivity contribution in [2.45, 2.75) is 47.5 Å². The Morgan fingerprint density at radius 1 is 1.06 bits per heavy atom. The van der Waals surface area contributed by atoms with Crippen LogP contribution in [-0.2, 0) is 6.42 Å². The molecule has 0 saturated carbocycles. The zero-order valence-electron chi connectivity index (χ0n) is 12.4. The van der Waals surface area contributed by atoms with Gasteiger partial charge in [0.2, 0.25) is 5.95 Å². The van der Waals surface area contributed by atoms with Crippen molar-refractivity contribution in [3.8, 4) is 0 Å². The SMILES string of the molecule is CCCNc1nc(N(CC)CC)nc(C)c1CC. The van der Waals surface area contributed by atoms with Gasteiger partial charge in [-0.05, 0) is 33.6 Å². The molecule has 0 bridgehead atoms. The van der Waals surface area contributed by atoms with Gasteiger partial charge in [-0.25, -0.2) is 4.98 Å². The van der Waals surface area contributed by atoms with Crippen molar-refractivity contribution in [2.75, 3.05) is 29.9 Å². The average molecular weight is 250 g/mol. The molecule has 0 aliphatic rings. The minimum absolute atomic E-state index is 0.841. The molecule has 0 atom stereocenters. The lowest BCUT2D eigenvalue weighted by atomic mass is 10.1. The minimum Gasteiger partial charge on any atom is -0.370 e. The second-order valence-electron chi connectivity index (χ2n) is 4.39. The van der Waals surface area contributed by atoms with E-state index in [1.165, 1.54) is 5.56 Å². The van der Waals surface area contributed by atoms with Crippen LogP contribution < -0.4 is 10.2 Å². The molecule has 0 unspecified atom stereocenters. The van der Waals surface area contributed by atoms with Crippen LogP contribution in [0.25, 0.3) is 0 Å². The molecule has 0 radical (unpaired) electrons. The van der Waals surface area contributed by atoms with Crippen molar-refractivity contribution in [1.29, 1.82) is 0 Å². The number of hydrogen-bond donors (Lipinski definition) is 1. The van der Waals surface area contributed by atoms with Crippen LogP contribution in [0, 0.1) is 6.92 Å². The van der Waals surface area contributed by atoms with Gasteiger partial charge in [-0.2, -0.15) is 4.98 Å². The topological polar surface area (TPSA) is 41.1 Å². The average Bonchev–Trinajstić information content (AvgIpc) is 2.37. The van der Waals surface area contributed by atoms with Crippen LogP contribution in [0.5, 0.6) is 0 Å². The Balaban J connectivity index is 3.11. The summed E-state index contributed by atoms with van der Waals surface area (Å²) in [6.45, 7) is 13.5. The molecule has 4 heteroatoms. The quantitative estimate of drug-likeness (QED) is 0.807. The first-order valence-electron chi connectivity index (χ1n) is 7.04. The van der Waals surface area contributed by atoms with E-state index in [2.05, 4.69) is 54.8 Å². The maximum absolute atomic E-state index is 4.69. The van der Waals surface area contributed by atoms with E-state index in [0.29, 0.717) is 0 Å². The predicted molar refractivity (Wildman–Crippen MR) is 78.5 cm³/mol. The van der Waals surface area contributed by atoms with E-state index in [0.717, 1.165) is 49.9 Å². The van der Waals surface area contributed by atoms with Crippen LogP contribution in [-0.4, -0.2) is 29.6 Å². The Labute approximate surface area is 111 Å². The van der Waals surface area contributed by atoms with E-state index < -0.39 is 0 Å². The summed E-state index contributed by atoms with van der Waals surface area (Å²) < 4.78 is 0. The number of nitrogens with one attached hydrogen (secondary N) is 1. The van der Waals surface area contributed by atoms with E-state index in [1.54, 1.807) is 0 Å². The van der Waals surface area contributed by atoms with Gasteiger partial charge in [0.25, 0.3) is 0 Å². The molecule has 4 nitrogen and oxygen atoms in total. The Morgan fingerprint density at radius 3 is 2.22 bits per heavy atom. The van der Waals surface area contributed by atoms with Gasteiger partial charge < -0.3 is 10.2 Å². The van der Waals surface area contributed by atoms with Crippen molar-refractivity contribution in [2.24, 2.45) is 0 Å².